The number of rotatable bonds is 5. The maximum atomic E-state index is 13.2. The predicted octanol–water partition coefficient (Wildman–Crippen LogP) is 4.22. The second-order valence-corrected chi connectivity index (χ2v) is 6.16. The van der Waals surface area contributed by atoms with Crippen molar-refractivity contribution >= 4 is 46.3 Å². The molecule has 0 atom stereocenters. The van der Waals surface area contributed by atoms with Gasteiger partial charge in [0, 0.05) is 30.1 Å². The lowest BCUT2D eigenvalue weighted by Gasteiger charge is -2.09. The number of nitrogens with one attached hydrogen (secondary N) is 3. The molecule has 1 aromatic heterocycles. The Morgan fingerprint density at radius 3 is 2.29 bits per heavy atom. The zero-order chi connectivity index (χ0) is 20.1. The summed E-state index contributed by atoms with van der Waals surface area (Å²) in [7, 11) is 0. The van der Waals surface area contributed by atoms with Crippen molar-refractivity contribution in [1.29, 1.82) is 0 Å². The van der Waals surface area contributed by atoms with E-state index >= 15 is 0 Å². The fourth-order valence-corrected chi connectivity index (χ4v) is 2.49. The van der Waals surface area contributed by atoms with Gasteiger partial charge in [-0.1, -0.05) is 11.6 Å². The first-order valence-corrected chi connectivity index (χ1v) is 8.51. The van der Waals surface area contributed by atoms with E-state index < -0.39 is 11.7 Å². The standard InChI is InChI=1S/C19H15ClFN5O2/c1-11(27)24-12-2-4-13(5-3-12)25-18-9-17(22-10-23-18)19(28)26-14-6-7-16(21)15(20)8-14/h2-10H,1H3,(H,24,27)(H,26,28)(H,22,23,25). The summed E-state index contributed by atoms with van der Waals surface area (Å²) in [6, 6.07) is 12.3. The molecular weight excluding hydrogens is 385 g/mol. The molecule has 1 heterocycles. The van der Waals surface area contributed by atoms with Crippen LogP contribution in [0.4, 0.5) is 27.3 Å². The largest absolute Gasteiger partial charge is 0.340 e. The molecule has 2 amide bonds. The van der Waals surface area contributed by atoms with Gasteiger partial charge in [0.25, 0.3) is 5.91 Å². The molecule has 7 nitrogen and oxygen atoms in total. The number of hydrogen-bond donors (Lipinski definition) is 3. The first kappa shape index (κ1) is 19.2. The van der Waals surface area contributed by atoms with E-state index in [-0.39, 0.29) is 16.6 Å². The highest BCUT2D eigenvalue weighted by Crippen LogP contribution is 2.21. The second kappa shape index (κ2) is 8.45. The van der Waals surface area contributed by atoms with E-state index in [2.05, 4.69) is 25.9 Å². The summed E-state index contributed by atoms with van der Waals surface area (Å²) in [5.41, 5.74) is 1.84. The van der Waals surface area contributed by atoms with Crippen molar-refractivity contribution in [3.05, 3.63) is 71.4 Å². The van der Waals surface area contributed by atoms with Crippen molar-refractivity contribution in [3.8, 4) is 0 Å². The van der Waals surface area contributed by atoms with Gasteiger partial charge in [-0.25, -0.2) is 14.4 Å². The number of anilines is 4. The number of carbonyl (C=O) groups is 2. The van der Waals surface area contributed by atoms with Crippen LogP contribution < -0.4 is 16.0 Å². The summed E-state index contributed by atoms with van der Waals surface area (Å²) in [4.78, 5) is 31.4. The molecule has 0 bridgehead atoms. The Kier molecular flexibility index (Phi) is 5.81. The third kappa shape index (κ3) is 5.01. The van der Waals surface area contributed by atoms with Crippen LogP contribution in [0.2, 0.25) is 5.02 Å². The Balaban J connectivity index is 1.70. The predicted molar refractivity (Wildman–Crippen MR) is 105 cm³/mol. The molecule has 0 fully saturated rings. The van der Waals surface area contributed by atoms with Gasteiger partial charge in [0.2, 0.25) is 5.91 Å². The molecule has 142 valence electrons. The summed E-state index contributed by atoms with van der Waals surface area (Å²) < 4.78 is 13.2. The summed E-state index contributed by atoms with van der Waals surface area (Å²) in [6.45, 7) is 1.43. The lowest BCUT2D eigenvalue weighted by molar-refractivity contribution is -0.114. The van der Waals surface area contributed by atoms with E-state index in [9.17, 15) is 14.0 Å². The molecule has 0 unspecified atom stereocenters. The van der Waals surface area contributed by atoms with Crippen LogP contribution in [0.1, 0.15) is 17.4 Å². The summed E-state index contributed by atoms with van der Waals surface area (Å²) in [6.07, 6.45) is 1.25. The van der Waals surface area contributed by atoms with Crippen LogP contribution in [0.5, 0.6) is 0 Å². The second-order valence-electron chi connectivity index (χ2n) is 5.76. The number of aromatic nitrogens is 2. The third-order valence-corrected chi connectivity index (χ3v) is 3.84. The van der Waals surface area contributed by atoms with Crippen LogP contribution in [-0.2, 0) is 4.79 Å². The fraction of sp³-hybridized carbons (Fsp3) is 0.0526. The number of hydrogen-bond acceptors (Lipinski definition) is 5. The highest BCUT2D eigenvalue weighted by Gasteiger charge is 2.11. The van der Waals surface area contributed by atoms with Crippen LogP contribution in [0, 0.1) is 5.82 Å². The van der Waals surface area contributed by atoms with E-state index in [1.165, 1.54) is 31.5 Å². The molecular formula is C19H15ClFN5O2. The number of nitrogens with zero attached hydrogens (tertiary/aromatic N) is 2. The number of benzene rings is 2. The van der Waals surface area contributed by atoms with Crippen LogP contribution in [-0.4, -0.2) is 21.8 Å². The van der Waals surface area contributed by atoms with Gasteiger partial charge in [0.1, 0.15) is 23.7 Å². The molecule has 0 aliphatic heterocycles. The normalized spacial score (nSPS) is 10.2. The maximum absolute atomic E-state index is 13.2. The smallest absolute Gasteiger partial charge is 0.274 e. The molecule has 0 aliphatic rings. The summed E-state index contributed by atoms with van der Waals surface area (Å²) >= 11 is 5.71. The van der Waals surface area contributed by atoms with Gasteiger partial charge in [-0.15, -0.1) is 0 Å². The quantitative estimate of drug-likeness (QED) is 0.596. The molecule has 0 aliphatic carbocycles. The first-order chi connectivity index (χ1) is 13.4. The Hall–Kier alpha value is -3.52. The van der Waals surface area contributed by atoms with Crippen molar-refractivity contribution in [1.82, 2.24) is 9.97 Å². The molecule has 3 aromatic rings. The minimum absolute atomic E-state index is 0.0921. The van der Waals surface area contributed by atoms with Gasteiger partial charge in [0.05, 0.1) is 5.02 Å². The monoisotopic (exact) mass is 399 g/mol. The van der Waals surface area contributed by atoms with Crippen LogP contribution >= 0.6 is 11.6 Å². The topological polar surface area (TPSA) is 96.0 Å². The van der Waals surface area contributed by atoms with Gasteiger partial charge < -0.3 is 16.0 Å². The number of amides is 2. The van der Waals surface area contributed by atoms with E-state index in [0.717, 1.165) is 6.07 Å². The zero-order valence-corrected chi connectivity index (χ0v) is 15.4. The fourth-order valence-electron chi connectivity index (χ4n) is 2.31. The lowest BCUT2D eigenvalue weighted by Crippen LogP contribution is -2.14. The summed E-state index contributed by atoms with van der Waals surface area (Å²) in [5.74, 6) is -0.814. The van der Waals surface area contributed by atoms with Gasteiger partial charge in [-0.2, -0.15) is 0 Å². The minimum Gasteiger partial charge on any atom is -0.340 e. The van der Waals surface area contributed by atoms with E-state index in [1.54, 1.807) is 24.3 Å². The van der Waals surface area contributed by atoms with Gasteiger partial charge in [0.15, 0.2) is 0 Å². The van der Waals surface area contributed by atoms with Crippen molar-refractivity contribution < 1.29 is 14.0 Å². The first-order valence-electron chi connectivity index (χ1n) is 8.14. The molecule has 3 rings (SSSR count). The van der Waals surface area contributed by atoms with Gasteiger partial charge >= 0.3 is 0 Å². The Labute approximate surface area is 165 Å². The van der Waals surface area contributed by atoms with Crippen molar-refractivity contribution in [2.75, 3.05) is 16.0 Å². The molecule has 9 heteroatoms. The highest BCUT2D eigenvalue weighted by atomic mass is 35.5. The molecule has 0 radical (unpaired) electrons. The van der Waals surface area contributed by atoms with Crippen LogP contribution in [0.15, 0.2) is 54.9 Å². The molecule has 0 spiro atoms. The number of halogens is 2. The molecule has 3 N–H and O–H groups in total. The van der Waals surface area contributed by atoms with Crippen molar-refractivity contribution in [2.24, 2.45) is 0 Å². The van der Waals surface area contributed by atoms with Gasteiger partial charge in [-0.05, 0) is 42.5 Å². The minimum atomic E-state index is -0.572. The molecule has 0 saturated carbocycles. The third-order valence-electron chi connectivity index (χ3n) is 3.55. The Morgan fingerprint density at radius 2 is 1.61 bits per heavy atom. The van der Waals surface area contributed by atoms with Crippen molar-refractivity contribution in [2.45, 2.75) is 6.92 Å². The van der Waals surface area contributed by atoms with E-state index in [0.29, 0.717) is 22.9 Å². The average molecular weight is 400 g/mol. The van der Waals surface area contributed by atoms with E-state index in [4.69, 9.17) is 11.6 Å². The SMILES string of the molecule is CC(=O)Nc1ccc(Nc2cc(C(=O)Nc3ccc(F)c(Cl)c3)ncn2)cc1. The molecule has 28 heavy (non-hydrogen) atoms. The van der Waals surface area contributed by atoms with Gasteiger partial charge in [-0.3, -0.25) is 9.59 Å². The molecule has 0 saturated heterocycles. The van der Waals surface area contributed by atoms with Crippen molar-refractivity contribution in [3.63, 3.8) is 0 Å². The zero-order valence-electron chi connectivity index (χ0n) is 14.7. The average Bonchev–Trinajstić information content (AvgIpc) is 2.66. The van der Waals surface area contributed by atoms with Crippen LogP contribution in [0.25, 0.3) is 0 Å². The van der Waals surface area contributed by atoms with Crippen LogP contribution in [0.3, 0.4) is 0 Å². The maximum Gasteiger partial charge on any atom is 0.274 e. The Bertz CT molecular complexity index is 1030. The lowest BCUT2D eigenvalue weighted by atomic mass is 10.2. The number of carbonyl (C=O) groups excluding carboxylic acids is 2. The highest BCUT2D eigenvalue weighted by molar-refractivity contribution is 6.31. The molecule has 2 aromatic carbocycles. The van der Waals surface area contributed by atoms with E-state index in [1.807, 2.05) is 0 Å². The summed E-state index contributed by atoms with van der Waals surface area (Å²) in [5, 5.41) is 8.22. The Morgan fingerprint density at radius 1 is 0.929 bits per heavy atom.